The van der Waals surface area contributed by atoms with Crippen molar-refractivity contribution in [3.63, 3.8) is 0 Å². The van der Waals surface area contributed by atoms with Crippen molar-refractivity contribution in [2.45, 2.75) is 33.7 Å². The van der Waals surface area contributed by atoms with Gasteiger partial charge in [0.2, 0.25) is 0 Å². The first kappa shape index (κ1) is 38.7. The Morgan fingerprint density at radius 2 is 0.887 bits per heavy atom. The summed E-state index contributed by atoms with van der Waals surface area (Å²) in [5, 5.41) is 12.6. The van der Waals surface area contributed by atoms with E-state index in [1.807, 2.05) is 13.8 Å². The van der Waals surface area contributed by atoms with E-state index in [4.69, 9.17) is 0 Å². The highest BCUT2D eigenvalue weighted by atomic mass is 15.2. The van der Waals surface area contributed by atoms with E-state index in [0.717, 1.165) is 0 Å². The van der Waals surface area contributed by atoms with Gasteiger partial charge in [0.15, 0.2) is 0 Å². The number of fused-ring (bicyclic) bond motifs is 6. The highest BCUT2D eigenvalue weighted by Gasteiger charge is 2.24. The van der Waals surface area contributed by atoms with Crippen LogP contribution in [-0.4, -0.2) is 0 Å². The number of nitrogens with zero attached hydrogens (tertiary/aromatic N) is 1. The van der Waals surface area contributed by atoms with Crippen LogP contribution in [0.5, 0.6) is 0 Å². The molecular weight excluding hydrogens is 747 g/mol. The van der Waals surface area contributed by atoms with Gasteiger partial charge in [0.05, 0.1) is 11.7 Å². The Kier molecular flexibility index (Phi) is 10.3. The molecular formula is C61H49N. The van der Waals surface area contributed by atoms with Gasteiger partial charge in [0.25, 0.3) is 0 Å². The van der Waals surface area contributed by atoms with Gasteiger partial charge in [-0.2, -0.15) is 0 Å². The molecule has 0 aliphatic carbocycles. The Morgan fingerprint density at radius 3 is 1.63 bits per heavy atom. The highest BCUT2D eigenvalue weighted by Crippen LogP contribution is 2.47. The Morgan fingerprint density at radius 1 is 0.339 bits per heavy atom. The summed E-state index contributed by atoms with van der Waals surface area (Å²) in [5.41, 5.74) is 12.4. The van der Waals surface area contributed by atoms with Gasteiger partial charge in [-0.15, -0.1) is 0 Å². The summed E-state index contributed by atoms with van der Waals surface area (Å²) in [7, 11) is 0. The fourth-order valence-corrected chi connectivity index (χ4v) is 9.73. The quantitative estimate of drug-likeness (QED) is 0.115. The SMILES string of the molecule is CC.Cc1ccccc1N(c1cc2ccccc2c2ccccc12)C(C)c1ccc(-c2ccc3c(-c4cccc5ccccc45)c4ccccc4c(-c4ccccc4)c3c2)cc1. The monoisotopic (exact) mass is 795 g/mol. The molecule has 0 fully saturated rings. The molecule has 11 aromatic rings. The molecule has 11 aromatic carbocycles. The lowest BCUT2D eigenvalue weighted by Gasteiger charge is -2.34. The molecule has 0 spiro atoms. The van der Waals surface area contributed by atoms with Crippen molar-refractivity contribution >= 4 is 65.2 Å². The first-order valence-corrected chi connectivity index (χ1v) is 22.0. The lowest BCUT2D eigenvalue weighted by molar-refractivity contribution is 0.774. The van der Waals surface area contributed by atoms with Gasteiger partial charge in [-0.25, -0.2) is 0 Å². The third-order valence-corrected chi connectivity index (χ3v) is 12.6. The maximum Gasteiger partial charge on any atom is 0.0563 e. The maximum atomic E-state index is 2.54. The van der Waals surface area contributed by atoms with E-state index in [0.29, 0.717) is 0 Å². The van der Waals surface area contributed by atoms with Crippen LogP contribution < -0.4 is 4.90 Å². The van der Waals surface area contributed by atoms with Crippen molar-refractivity contribution in [2.24, 2.45) is 0 Å². The molecule has 1 nitrogen and oxygen atoms in total. The van der Waals surface area contributed by atoms with Crippen LogP contribution in [0.1, 0.15) is 37.9 Å². The van der Waals surface area contributed by atoms with E-state index < -0.39 is 0 Å². The fourth-order valence-electron chi connectivity index (χ4n) is 9.73. The summed E-state index contributed by atoms with van der Waals surface area (Å²) >= 11 is 0. The molecule has 0 amide bonds. The van der Waals surface area contributed by atoms with Gasteiger partial charge in [-0.05, 0) is 125 Å². The van der Waals surface area contributed by atoms with Crippen LogP contribution in [0.2, 0.25) is 0 Å². The van der Waals surface area contributed by atoms with Crippen molar-refractivity contribution in [2.75, 3.05) is 4.90 Å². The highest BCUT2D eigenvalue weighted by molar-refractivity contribution is 6.24. The summed E-state index contributed by atoms with van der Waals surface area (Å²) in [4.78, 5) is 2.54. The minimum atomic E-state index is 0.0561. The molecule has 0 aliphatic rings. The van der Waals surface area contributed by atoms with Crippen molar-refractivity contribution < 1.29 is 0 Å². The van der Waals surface area contributed by atoms with Crippen molar-refractivity contribution in [3.8, 4) is 33.4 Å². The lowest BCUT2D eigenvalue weighted by Crippen LogP contribution is -2.22. The van der Waals surface area contributed by atoms with Crippen LogP contribution >= 0.6 is 0 Å². The second-order valence-corrected chi connectivity index (χ2v) is 16.1. The average Bonchev–Trinajstić information content (AvgIpc) is 3.34. The lowest BCUT2D eigenvalue weighted by atomic mass is 9.83. The molecule has 0 radical (unpaired) electrons. The molecule has 0 bridgehead atoms. The molecule has 0 saturated carbocycles. The Bertz CT molecular complexity index is 3390. The third-order valence-electron chi connectivity index (χ3n) is 12.6. The zero-order valence-corrected chi connectivity index (χ0v) is 35.8. The Balaban J connectivity index is 0.00000226. The van der Waals surface area contributed by atoms with Crippen molar-refractivity contribution in [3.05, 3.63) is 230 Å². The summed E-state index contributed by atoms with van der Waals surface area (Å²) in [5.74, 6) is 0. The number of benzene rings is 11. The topological polar surface area (TPSA) is 3.24 Å². The molecule has 0 N–H and O–H groups in total. The number of hydrogen-bond acceptors (Lipinski definition) is 1. The number of hydrogen-bond donors (Lipinski definition) is 0. The number of anilines is 2. The Hall–Kier alpha value is -7.48. The molecule has 1 unspecified atom stereocenters. The van der Waals surface area contributed by atoms with Gasteiger partial charge in [0.1, 0.15) is 0 Å². The van der Waals surface area contributed by atoms with Gasteiger partial charge < -0.3 is 4.90 Å². The molecule has 0 aliphatic heterocycles. The molecule has 11 rings (SSSR count). The van der Waals surface area contributed by atoms with Crippen LogP contribution in [0.3, 0.4) is 0 Å². The van der Waals surface area contributed by atoms with Gasteiger partial charge in [-0.1, -0.05) is 214 Å². The van der Waals surface area contributed by atoms with Gasteiger partial charge in [0, 0.05) is 11.1 Å². The molecule has 0 heterocycles. The fraction of sp³-hybridized carbons (Fsp3) is 0.0820. The minimum Gasteiger partial charge on any atom is -0.333 e. The van der Waals surface area contributed by atoms with Crippen molar-refractivity contribution in [1.82, 2.24) is 0 Å². The smallest absolute Gasteiger partial charge is 0.0563 e. The number of para-hydroxylation sites is 1. The zero-order valence-electron chi connectivity index (χ0n) is 35.8. The maximum absolute atomic E-state index is 2.54. The first-order valence-electron chi connectivity index (χ1n) is 22.0. The largest absolute Gasteiger partial charge is 0.333 e. The van der Waals surface area contributed by atoms with E-state index in [1.54, 1.807) is 0 Å². The van der Waals surface area contributed by atoms with Gasteiger partial charge in [-0.3, -0.25) is 0 Å². The van der Waals surface area contributed by atoms with Crippen LogP contribution in [0.4, 0.5) is 11.4 Å². The predicted octanol–water partition coefficient (Wildman–Crippen LogP) is 17.7. The van der Waals surface area contributed by atoms with E-state index in [2.05, 4.69) is 237 Å². The Labute approximate surface area is 365 Å². The van der Waals surface area contributed by atoms with Crippen LogP contribution in [0, 0.1) is 6.92 Å². The molecule has 298 valence electrons. The summed E-state index contributed by atoms with van der Waals surface area (Å²) < 4.78 is 0. The van der Waals surface area contributed by atoms with E-state index in [-0.39, 0.29) is 6.04 Å². The van der Waals surface area contributed by atoms with Crippen LogP contribution in [-0.2, 0) is 0 Å². The summed E-state index contributed by atoms with van der Waals surface area (Å²) in [6, 6.07) is 80.6. The second kappa shape index (κ2) is 16.5. The van der Waals surface area contributed by atoms with Crippen LogP contribution in [0.25, 0.3) is 87.2 Å². The minimum absolute atomic E-state index is 0.0561. The van der Waals surface area contributed by atoms with E-state index in [9.17, 15) is 0 Å². The standard InChI is InChI=1S/C59H43N.C2H6/c1-39-17-6-15-30-56(39)60(57-38-46-21-8-10-24-48(46)49-25-11-12-26-50(49)57)40(2)41-31-33-42(34-32-41)45-35-36-54-55(37-45)58(44-19-4-3-5-20-44)52-27-13-14-28-53(52)59(54)51-29-16-22-43-18-7-9-23-47(43)51;1-2/h3-38,40H,1-2H3;1-2H3. The van der Waals surface area contributed by atoms with Gasteiger partial charge >= 0.3 is 0 Å². The average molecular weight is 796 g/mol. The molecule has 0 aromatic heterocycles. The van der Waals surface area contributed by atoms with E-state index >= 15 is 0 Å². The van der Waals surface area contributed by atoms with E-state index in [1.165, 1.54) is 110 Å². The van der Waals surface area contributed by atoms with Crippen molar-refractivity contribution in [1.29, 1.82) is 0 Å². The zero-order chi connectivity index (χ0) is 42.2. The molecule has 62 heavy (non-hydrogen) atoms. The number of aryl methyl sites for hydroxylation is 1. The van der Waals surface area contributed by atoms with Crippen LogP contribution in [0.15, 0.2) is 218 Å². The number of rotatable bonds is 7. The first-order chi connectivity index (χ1) is 30.6. The molecule has 1 heteroatoms. The molecule has 1 atom stereocenters. The second-order valence-electron chi connectivity index (χ2n) is 16.1. The molecule has 0 saturated heterocycles. The third kappa shape index (κ3) is 6.67. The predicted molar refractivity (Wildman–Crippen MR) is 270 cm³/mol. The normalized spacial score (nSPS) is 11.8. The summed E-state index contributed by atoms with van der Waals surface area (Å²) in [6.07, 6.45) is 0. The summed E-state index contributed by atoms with van der Waals surface area (Å²) in [6.45, 7) is 8.56.